The summed E-state index contributed by atoms with van der Waals surface area (Å²) in [5, 5.41) is 3.23. The second-order valence-electron chi connectivity index (χ2n) is 8.89. The fourth-order valence-corrected chi connectivity index (χ4v) is 6.36. The number of carbonyl (C=O) groups is 1. The molecule has 0 spiro atoms. The summed E-state index contributed by atoms with van der Waals surface area (Å²) in [5.41, 5.74) is 4.11. The molecule has 2 fully saturated rings. The number of benzene rings is 1. The summed E-state index contributed by atoms with van der Waals surface area (Å²) in [4.78, 5) is 22.7. The Morgan fingerprint density at radius 1 is 1.09 bits per heavy atom. The van der Waals surface area contributed by atoms with Crippen molar-refractivity contribution in [3.05, 3.63) is 54.9 Å². The highest BCUT2D eigenvalue weighted by molar-refractivity contribution is 8.23. The highest BCUT2D eigenvalue weighted by Crippen LogP contribution is 2.58. The Hall–Kier alpha value is -3.38. The molecule has 2 saturated heterocycles. The molecular formula is C24H26N6O4S. The van der Waals surface area contributed by atoms with Crippen molar-refractivity contribution in [1.82, 2.24) is 14.3 Å². The SMILES string of the molecule is CN1C[C@H]2COc3ncc(Nc4ccc(-c5ccc(N6CCCC6=O)cc5)cn4)cc3N2S1(O)O. The van der Waals surface area contributed by atoms with Gasteiger partial charge in [0, 0.05) is 44.0 Å². The number of carbonyl (C=O) groups excluding carboxylic acids is 1. The van der Waals surface area contributed by atoms with E-state index >= 15 is 0 Å². The van der Waals surface area contributed by atoms with Crippen molar-refractivity contribution in [2.45, 2.75) is 18.9 Å². The number of ether oxygens (including phenoxy) is 1. The number of nitrogens with one attached hydrogen (secondary N) is 1. The molecule has 10 nitrogen and oxygen atoms in total. The minimum atomic E-state index is -3.10. The fourth-order valence-electron chi connectivity index (χ4n) is 4.76. The van der Waals surface area contributed by atoms with Gasteiger partial charge in [0.05, 0.1) is 11.9 Å². The Bertz CT molecular complexity index is 1270. The largest absolute Gasteiger partial charge is 0.474 e. The maximum Gasteiger partial charge on any atom is 0.239 e. The van der Waals surface area contributed by atoms with Crippen molar-refractivity contribution in [1.29, 1.82) is 0 Å². The second-order valence-corrected chi connectivity index (χ2v) is 10.9. The lowest BCUT2D eigenvalue weighted by Gasteiger charge is -2.44. The van der Waals surface area contributed by atoms with E-state index in [2.05, 4.69) is 15.3 Å². The molecule has 0 saturated carbocycles. The summed E-state index contributed by atoms with van der Waals surface area (Å²) in [7, 11) is -1.41. The zero-order chi connectivity index (χ0) is 24.2. The maximum absolute atomic E-state index is 12.0. The van der Waals surface area contributed by atoms with Gasteiger partial charge in [-0.05, 0) is 42.3 Å². The van der Waals surface area contributed by atoms with Crippen LogP contribution in [0.1, 0.15) is 12.8 Å². The first-order valence-electron chi connectivity index (χ1n) is 11.5. The lowest BCUT2D eigenvalue weighted by atomic mass is 10.1. The molecule has 35 heavy (non-hydrogen) atoms. The average molecular weight is 495 g/mol. The Morgan fingerprint density at radius 2 is 1.89 bits per heavy atom. The fraction of sp³-hybridized carbons (Fsp3) is 0.292. The van der Waals surface area contributed by atoms with Crippen LogP contribution in [-0.2, 0) is 4.79 Å². The van der Waals surface area contributed by atoms with E-state index in [1.807, 2.05) is 41.3 Å². The zero-order valence-corrected chi connectivity index (χ0v) is 20.0. The van der Waals surface area contributed by atoms with Gasteiger partial charge in [-0.1, -0.05) is 23.1 Å². The molecule has 0 unspecified atom stereocenters. The molecule has 0 radical (unpaired) electrons. The van der Waals surface area contributed by atoms with E-state index in [-0.39, 0.29) is 11.9 Å². The summed E-state index contributed by atoms with van der Waals surface area (Å²) in [6, 6.07) is 13.4. The number of aromatic nitrogens is 2. The smallest absolute Gasteiger partial charge is 0.239 e. The number of fused-ring (bicyclic) bond motifs is 3. The molecule has 0 bridgehead atoms. The normalized spacial score (nSPS) is 21.9. The molecule has 6 rings (SSSR count). The number of likely N-dealkylation sites (N-methyl/N-ethyl adjacent to an activating group) is 1. The molecular weight excluding hydrogens is 468 g/mol. The standard InChI is InChI=1S/C24H26N6O4S/c1-28-14-20-15-34-24-21(30(20)35(28,32)33)11-18(13-26-24)27-22-9-6-17(12-25-22)16-4-7-19(8-5-16)29-10-2-3-23(29)31/h4-9,11-13,20,32-33H,2-3,10,14-15H2,1H3,(H,25,27)/t20-/m0/s1. The highest BCUT2D eigenvalue weighted by Gasteiger charge is 2.46. The van der Waals surface area contributed by atoms with E-state index in [9.17, 15) is 13.9 Å². The summed E-state index contributed by atoms with van der Waals surface area (Å²) >= 11 is 0. The molecule has 182 valence electrons. The van der Waals surface area contributed by atoms with E-state index in [0.29, 0.717) is 42.6 Å². The van der Waals surface area contributed by atoms with Crippen LogP contribution in [0.2, 0.25) is 0 Å². The molecule has 3 aromatic rings. The monoisotopic (exact) mass is 494 g/mol. The molecule has 1 amide bonds. The number of anilines is 4. The quantitative estimate of drug-likeness (QED) is 0.493. The van der Waals surface area contributed by atoms with Crippen molar-refractivity contribution in [3.8, 4) is 17.0 Å². The number of amides is 1. The number of hydrogen-bond donors (Lipinski definition) is 3. The van der Waals surface area contributed by atoms with Gasteiger partial charge in [-0.15, -0.1) is 0 Å². The average Bonchev–Trinajstić information content (AvgIpc) is 3.39. The first-order chi connectivity index (χ1) is 16.9. The minimum Gasteiger partial charge on any atom is -0.474 e. The van der Waals surface area contributed by atoms with Crippen LogP contribution < -0.4 is 19.3 Å². The Labute approximate surface area is 204 Å². The summed E-state index contributed by atoms with van der Waals surface area (Å²) in [6.07, 6.45) is 4.95. The Balaban J connectivity index is 1.19. The maximum atomic E-state index is 12.0. The van der Waals surface area contributed by atoms with Crippen LogP contribution in [0.25, 0.3) is 11.1 Å². The second kappa shape index (κ2) is 8.38. The van der Waals surface area contributed by atoms with Crippen molar-refractivity contribution >= 4 is 39.7 Å². The van der Waals surface area contributed by atoms with Crippen molar-refractivity contribution < 1.29 is 18.6 Å². The van der Waals surface area contributed by atoms with Crippen molar-refractivity contribution in [2.24, 2.45) is 0 Å². The predicted molar refractivity (Wildman–Crippen MR) is 136 cm³/mol. The summed E-state index contributed by atoms with van der Waals surface area (Å²) in [6.45, 7) is 1.63. The van der Waals surface area contributed by atoms with Gasteiger partial charge in [-0.3, -0.25) is 13.9 Å². The highest BCUT2D eigenvalue weighted by atomic mass is 32.3. The number of hydrogen-bond acceptors (Lipinski definition) is 9. The van der Waals surface area contributed by atoms with Gasteiger partial charge < -0.3 is 15.0 Å². The van der Waals surface area contributed by atoms with E-state index in [1.165, 1.54) is 0 Å². The molecule has 0 aliphatic carbocycles. The minimum absolute atomic E-state index is 0.151. The molecule has 3 aliphatic rings. The number of pyridine rings is 2. The third-order valence-corrected chi connectivity index (χ3v) is 8.59. The van der Waals surface area contributed by atoms with Crippen LogP contribution in [0.4, 0.5) is 22.9 Å². The van der Waals surface area contributed by atoms with Crippen LogP contribution in [0, 0.1) is 0 Å². The lowest BCUT2D eigenvalue weighted by molar-refractivity contribution is -0.117. The Morgan fingerprint density at radius 3 is 2.60 bits per heavy atom. The van der Waals surface area contributed by atoms with Gasteiger partial charge in [0.25, 0.3) is 0 Å². The zero-order valence-electron chi connectivity index (χ0n) is 19.2. The lowest BCUT2D eigenvalue weighted by Crippen LogP contribution is -2.40. The van der Waals surface area contributed by atoms with Gasteiger partial charge in [-0.2, -0.15) is 4.31 Å². The van der Waals surface area contributed by atoms with E-state index < -0.39 is 11.0 Å². The van der Waals surface area contributed by atoms with Crippen molar-refractivity contribution in [2.75, 3.05) is 41.3 Å². The summed E-state index contributed by atoms with van der Waals surface area (Å²) < 4.78 is 30.2. The molecule has 1 atom stereocenters. The van der Waals surface area contributed by atoms with Crippen LogP contribution in [0.5, 0.6) is 5.88 Å². The molecule has 11 heteroatoms. The molecule has 3 aliphatic heterocycles. The van der Waals surface area contributed by atoms with E-state index in [0.717, 1.165) is 29.8 Å². The number of rotatable bonds is 4. The van der Waals surface area contributed by atoms with Gasteiger partial charge in [0.1, 0.15) is 24.2 Å². The third kappa shape index (κ3) is 3.86. The first-order valence-corrected chi connectivity index (χ1v) is 12.9. The van der Waals surface area contributed by atoms with Crippen LogP contribution in [0.3, 0.4) is 0 Å². The first kappa shape index (κ1) is 22.1. The van der Waals surface area contributed by atoms with Crippen LogP contribution in [-0.4, -0.2) is 62.1 Å². The van der Waals surface area contributed by atoms with Gasteiger partial charge in [0.2, 0.25) is 11.8 Å². The Kier molecular flexibility index (Phi) is 5.29. The molecule has 5 heterocycles. The van der Waals surface area contributed by atoms with Gasteiger partial charge in [0.15, 0.2) is 0 Å². The summed E-state index contributed by atoms with van der Waals surface area (Å²) in [5.74, 6) is 1.19. The topological polar surface area (TPSA) is 114 Å². The number of nitrogens with zero attached hydrogens (tertiary/aromatic N) is 5. The third-order valence-electron chi connectivity index (χ3n) is 6.59. The van der Waals surface area contributed by atoms with Gasteiger partial charge in [-0.25, -0.2) is 14.3 Å². The molecule has 2 aromatic heterocycles. The van der Waals surface area contributed by atoms with Crippen molar-refractivity contribution in [3.63, 3.8) is 0 Å². The van der Waals surface area contributed by atoms with E-state index in [4.69, 9.17) is 4.74 Å². The van der Waals surface area contributed by atoms with Gasteiger partial charge >= 0.3 is 0 Å². The predicted octanol–water partition coefficient (Wildman–Crippen LogP) is 4.11. The molecule has 3 N–H and O–H groups in total. The van der Waals surface area contributed by atoms with E-state index in [1.54, 1.807) is 34.1 Å². The molecule has 1 aromatic carbocycles. The van der Waals surface area contributed by atoms with Crippen LogP contribution >= 0.6 is 11.0 Å². The van der Waals surface area contributed by atoms with Crippen LogP contribution in [0.15, 0.2) is 54.9 Å².